The van der Waals surface area contributed by atoms with Crippen LogP contribution in [-0.2, 0) is 19.2 Å². The van der Waals surface area contributed by atoms with E-state index >= 15 is 0 Å². The quantitative estimate of drug-likeness (QED) is 0.193. The molecule has 0 radical (unpaired) electrons. The fourth-order valence-electron chi connectivity index (χ4n) is 7.32. The summed E-state index contributed by atoms with van der Waals surface area (Å²) >= 11 is 0. The van der Waals surface area contributed by atoms with E-state index < -0.39 is 0 Å². The third-order valence-corrected chi connectivity index (χ3v) is 9.86. The summed E-state index contributed by atoms with van der Waals surface area (Å²) in [5, 5.41) is 0. The number of rotatable bonds is 0. The highest BCUT2D eigenvalue weighted by Crippen LogP contribution is 2.39. The number of hydrogen-bond donors (Lipinski definition) is 0. The first-order valence-corrected chi connectivity index (χ1v) is 15.7. The molecule has 4 saturated heterocycles. The van der Waals surface area contributed by atoms with Gasteiger partial charge in [0.2, 0.25) is 0 Å². The normalized spacial score (nSPS) is 29.3. The van der Waals surface area contributed by atoms with Crippen LogP contribution in [0.3, 0.4) is 0 Å². The van der Waals surface area contributed by atoms with E-state index in [0.29, 0.717) is 24.2 Å². The van der Waals surface area contributed by atoms with Crippen LogP contribution in [0.5, 0.6) is 0 Å². The fourth-order valence-corrected chi connectivity index (χ4v) is 7.32. The van der Waals surface area contributed by atoms with Crippen molar-refractivity contribution in [3.8, 4) is 0 Å². The SMILES string of the molecule is C.C.C.C.C/C=C1/C(=O)N2C(C)=CC[C@H]12.C/C=C1/C(=O)N2C(C)=CC[C@H]12.C/C=C1/C(=O)N2C(C)=CC[C@H]12.C/C=C1\C(=O)N2C(C)=CC[C@H]12. The lowest BCUT2D eigenvalue weighted by atomic mass is 9.95. The molecule has 8 heterocycles. The Morgan fingerprint density at radius 1 is 0.417 bits per heavy atom. The molecule has 4 amide bonds. The molecule has 4 atom stereocenters. The molecule has 4 fully saturated rings. The molecule has 0 saturated carbocycles. The maximum Gasteiger partial charge on any atom is 0.256 e. The third kappa shape index (κ3) is 6.46. The molecule has 8 aliphatic rings. The predicted molar refractivity (Wildman–Crippen MR) is 198 cm³/mol. The average Bonchev–Trinajstić information content (AvgIpc) is 3.71. The Morgan fingerprint density at radius 3 is 0.729 bits per heavy atom. The molecular weight excluding hydrogens is 600 g/mol. The molecule has 8 rings (SSSR count). The van der Waals surface area contributed by atoms with Crippen LogP contribution < -0.4 is 0 Å². The van der Waals surface area contributed by atoms with E-state index in [1.807, 2.05) is 99.3 Å². The number of allylic oxidation sites excluding steroid dienone is 8. The van der Waals surface area contributed by atoms with Crippen molar-refractivity contribution in [2.24, 2.45) is 0 Å². The Kier molecular flexibility index (Phi) is 14.2. The van der Waals surface area contributed by atoms with Gasteiger partial charge in [-0.1, -0.05) is 78.3 Å². The van der Waals surface area contributed by atoms with Crippen LogP contribution in [0.1, 0.15) is 111 Å². The first kappa shape index (κ1) is 41.8. The molecule has 0 aromatic carbocycles. The summed E-state index contributed by atoms with van der Waals surface area (Å²) in [6, 6.07) is 1.53. The smallest absolute Gasteiger partial charge is 0.256 e. The van der Waals surface area contributed by atoms with Gasteiger partial charge in [-0.25, -0.2) is 0 Å². The molecule has 0 unspecified atom stereocenters. The standard InChI is InChI=1S/4C9H11NO.4CH4/c4*1-3-7-8-5-4-6(2)10(8)9(7)11;;;;/h4*3-4,8H,5H2,1-2H3;4*1H4/b3*7-3+;7-3-;;;;/t4*8-;;;;/m1111..../s1. The number of fused-ring (bicyclic) bond motifs is 4. The highest BCUT2D eigenvalue weighted by Gasteiger charge is 2.46. The lowest BCUT2D eigenvalue weighted by molar-refractivity contribution is -0.133. The summed E-state index contributed by atoms with van der Waals surface area (Å²) in [5.41, 5.74) is 8.40. The number of β-lactam (4-membered cyclic amide) rings is 4. The molecule has 0 spiro atoms. The van der Waals surface area contributed by atoms with Gasteiger partial charge in [0.15, 0.2) is 0 Å². The summed E-state index contributed by atoms with van der Waals surface area (Å²) in [5.74, 6) is 0.792. The van der Waals surface area contributed by atoms with Gasteiger partial charge in [-0.2, -0.15) is 0 Å². The van der Waals surface area contributed by atoms with Crippen LogP contribution in [0.15, 0.2) is 93.7 Å². The van der Waals surface area contributed by atoms with Gasteiger partial charge < -0.3 is 19.6 Å². The highest BCUT2D eigenvalue weighted by atomic mass is 16.2. The maximum atomic E-state index is 11.3. The minimum Gasteiger partial charge on any atom is -0.305 e. The molecule has 264 valence electrons. The summed E-state index contributed by atoms with van der Waals surface area (Å²) in [6.45, 7) is 15.7. The predicted octanol–water partition coefficient (Wildman–Crippen LogP) is 8.35. The number of amides is 4. The van der Waals surface area contributed by atoms with Gasteiger partial charge in [0.25, 0.3) is 23.6 Å². The van der Waals surface area contributed by atoms with Crippen molar-refractivity contribution in [3.63, 3.8) is 0 Å². The van der Waals surface area contributed by atoms with Crippen molar-refractivity contribution in [1.82, 2.24) is 19.6 Å². The Morgan fingerprint density at radius 2 is 0.583 bits per heavy atom. The number of carbonyl (C=O) groups excluding carboxylic acids is 4. The zero-order chi connectivity index (χ0) is 32.0. The number of nitrogens with zero attached hydrogens (tertiary/aromatic N) is 4. The van der Waals surface area contributed by atoms with Crippen molar-refractivity contribution in [2.75, 3.05) is 0 Å². The second-order valence-electron chi connectivity index (χ2n) is 12.1. The van der Waals surface area contributed by atoms with E-state index in [1.165, 1.54) is 0 Å². The van der Waals surface area contributed by atoms with Crippen molar-refractivity contribution in [3.05, 3.63) is 93.7 Å². The van der Waals surface area contributed by atoms with Crippen LogP contribution >= 0.6 is 0 Å². The lowest BCUT2D eigenvalue weighted by Gasteiger charge is -2.38. The molecule has 0 aromatic heterocycles. The van der Waals surface area contributed by atoms with E-state index in [9.17, 15) is 19.2 Å². The van der Waals surface area contributed by atoms with E-state index in [-0.39, 0.29) is 53.3 Å². The molecule has 8 nitrogen and oxygen atoms in total. The maximum absolute atomic E-state index is 11.3. The van der Waals surface area contributed by atoms with Gasteiger partial charge in [0.05, 0.1) is 24.2 Å². The van der Waals surface area contributed by atoms with E-state index in [4.69, 9.17) is 0 Å². The Bertz CT molecular complexity index is 1330. The topological polar surface area (TPSA) is 81.2 Å². The molecule has 0 aromatic rings. The summed E-state index contributed by atoms with van der Waals surface area (Å²) < 4.78 is 0. The lowest BCUT2D eigenvalue weighted by Crippen LogP contribution is -2.50. The second kappa shape index (κ2) is 16.3. The van der Waals surface area contributed by atoms with E-state index in [0.717, 1.165) is 70.8 Å². The first-order valence-electron chi connectivity index (χ1n) is 15.7. The van der Waals surface area contributed by atoms with Crippen LogP contribution in [0, 0.1) is 0 Å². The van der Waals surface area contributed by atoms with E-state index in [2.05, 4.69) is 24.3 Å². The van der Waals surface area contributed by atoms with Gasteiger partial charge in [0, 0.05) is 45.1 Å². The van der Waals surface area contributed by atoms with Gasteiger partial charge >= 0.3 is 0 Å². The molecule has 8 aliphatic heterocycles. The molecule has 0 aliphatic carbocycles. The third-order valence-electron chi connectivity index (χ3n) is 9.86. The summed E-state index contributed by atoms with van der Waals surface area (Å²) in [7, 11) is 0. The molecule has 8 heteroatoms. The zero-order valence-corrected chi connectivity index (χ0v) is 27.2. The fraction of sp³-hybridized carbons (Fsp3) is 0.500. The van der Waals surface area contributed by atoms with Gasteiger partial charge in [-0.15, -0.1) is 0 Å². The Labute approximate surface area is 290 Å². The molecule has 48 heavy (non-hydrogen) atoms. The minimum absolute atomic E-state index is 0. The summed E-state index contributed by atoms with van der Waals surface area (Å²) in [6.07, 6.45) is 20.2. The van der Waals surface area contributed by atoms with Gasteiger partial charge in [-0.3, -0.25) is 19.2 Å². The van der Waals surface area contributed by atoms with Crippen LogP contribution in [0.25, 0.3) is 0 Å². The first-order chi connectivity index (χ1) is 21.0. The van der Waals surface area contributed by atoms with Crippen molar-refractivity contribution >= 4 is 23.6 Å². The minimum atomic E-state index is 0. The van der Waals surface area contributed by atoms with Crippen molar-refractivity contribution < 1.29 is 19.2 Å². The Balaban J connectivity index is 0.000000311. The average molecular weight is 661 g/mol. The number of hydrogen-bond acceptors (Lipinski definition) is 4. The van der Waals surface area contributed by atoms with Crippen molar-refractivity contribution in [1.29, 1.82) is 0 Å². The van der Waals surface area contributed by atoms with Crippen molar-refractivity contribution in [2.45, 2.75) is 135 Å². The second-order valence-corrected chi connectivity index (χ2v) is 12.1. The Hall–Kier alpha value is -4.20. The molecule has 0 N–H and O–H groups in total. The van der Waals surface area contributed by atoms with Crippen LogP contribution in [0.2, 0.25) is 0 Å². The van der Waals surface area contributed by atoms with Crippen LogP contribution in [0.4, 0.5) is 0 Å². The highest BCUT2D eigenvalue weighted by molar-refractivity contribution is 6.05. The largest absolute Gasteiger partial charge is 0.305 e. The molecule has 0 bridgehead atoms. The van der Waals surface area contributed by atoms with Gasteiger partial charge in [-0.05, 0) is 81.1 Å². The molecular formula is C40H60N4O4. The van der Waals surface area contributed by atoms with Crippen LogP contribution in [-0.4, -0.2) is 67.4 Å². The summed E-state index contributed by atoms with van der Waals surface area (Å²) in [4.78, 5) is 52.7. The number of carbonyl (C=O) groups is 4. The van der Waals surface area contributed by atoms with E-state index in [1.54, 1.807) is 0 Å². The zero-order valence-electron chi connectivity index (χ0n) is 27.2. The monoisotopic (exact) mass is 660 g/mol. The van der Waals surface area contributed by atoms with Gasteiger partial charge in [0.1, 0.15) is 0 Å².